The van der Waals surface area contributed by atoms with Gasteiger partial charge in [0.25, 0.3) is 0 Å². The number of sulfonamides is 1. The molecule has 1 aromatic heterocycles. The quantitative estimate of drug-likeness (QED) is 0.836. The van der Waals surface area contributed by atoms with Gasteiger partial charge in [0.1, 0.15) is 4.88 Å². The number of rotatable bonds is 4. The fourth-order valence-electron chi connectivity index (χ4n) is 1.92. The van der Waals surface area contributed by atoms with Crippen LogP contribution in [0.4, 0.5) is 0 Å². The summed E-state index contributed by atoms with van der Waals surface area (Å²) >= 11 is 0.920. The molecule has 0 amide bonds. The van der Waals surface area contributed by atoms with Crippen molar-refractivity contribution in [3.8, 4) is 0 Å². The van der Waals surface area contributed by atoms with Crippen molar-refractivity contribution in [2.45, 2.75) is 11.3 Å². The first-order valence-electron chi connectivity index (χ1n) is 5.47. The Balaban J connectivity index is 2.23. The number of hydrogen-bond donors (Lipinski definition) is 2. The molecule has 0 spiro atoms. The Labute approximate surface area is 109 Å². The van der Waals surface area contributed by atoms with Gasteiger partial charge in [-0.3, -0.25) is 0 Å². The first kappa shape index (κ1) is 13.5. The Bertz CT molecular complexity index is 552. The van der Waals surface area contributed by atoms with E-state index >= 15 is 0 Å². The second kappa shape index (κ2) is 4.96. The number of carboxylic acid groups (broad SMARTS) is 1. The molecule has 8 heteroatoms. The smallest absolute Gasteiger partial charge is 0.345 e. The highest BCUT2D eigenvalue weighted by atomic mass is 32.2. The Morgan fingerprint density at radius 2 is 2.33 bits per heavy atom. The average Bonchev–Trinajstić information content (AvgIpc) is 2.98. The monoisotopic (exact) mass is 290 g/mol. The van der Waals surface area contributed by atoms with Crippen molar-refractivity contribution in [3.63, 3.8) is 0 Å². The SMILES string of the molecule is NCC1CCN(S(=O)(=O)c2csc(C(=O)O)c2)C1. The van der Waals surface area contributed by atoms with Crippen LogP contribution in [0.3, 0.4) is 0 Å². The van der Waals surface area contributed by atoms with Crippen LogP contribution in [-0.2, 0) is 10.0 Å². The van der Waals surface area contributed by atoms with E-state index in [-0.39, 0.29) is 15.7 Å². The van der Waals surface area contributed by atoms with Gasteiger partial charge in [-0.25, -0.2) is 13.2 Å². The number of thiophene rings is 1. The van der Waals surface area contributed by atoms with Crippen LogP contribution in [0.5, 0.6) is 0 Å². The van der Waals surface area contributed by atoms with Gasteiger partial charge in [-0.15, -0.1) is 11.3 Å². The van der Waals surface area contributed by atoms with Crippen molar-refractivity contribution in [1.29, 1.82) is 0 Å². The van der Waals surface area contributed by atoms with E-state index in [0.717, 1.165) is 17.8 Å². The molecular formula is C10H14N2O4S2. The second-order valence-electron chi connectivity index (χ2n) is 4.21. The molecule has 1 atom stereocenters. The van der Waals surface area contributed by atoms with Crippen molar-refractivity contribution in [3.05, 3.63) is 16.3 Å². The molecular weight excluding hydrogens is 276 g/mol. The molecule has 18 heavy (non-hydrogen) atoms. The summed E-state index contributed by atoms with van der Waals surface area (Å²) in [7, 11) is -3.57. The van der Waals surface area contributed by atoms with E-state index in [1.165, 1.54) is 15.8 Å². The van der Waals surface area contributed by atoms with E-state index in [9.17, 15) is 13.2 Å². The molecule has 100 valence electrons. The number of nitrogens with zero attached hydrogens (tertiary/aromatic N) is 1. The van der Waals surface area contributed by atoms with Crippen molar-refractivity contribution in [2.75, 3.05) is 19.6 Å². The maximum Gasteiger partial charge on any atom is 0.345 e. The van der Waals surface area contributed by atoms with Gasteiger partial charge in [0.2, 0.25) is 10.0 Å². The van der Waals surface area contributed by atoms with Gasteiger partial charge >= 0.3 is 5.97 Å². The Kier molecular flexibility index (Phi) is 3.71. The predicted octanol–water partition coefficient (Wildman–Crippen LogP) is 0.416. The van der Waals surface area contributed by atoms with Gasteiger partial charge in [0.05, 0.1) is 4.90 Å². The van der Waals surface area contributed by atoms with Gasteiger partial charge in [0, 0.05) is 18.5 Å². The van der Waals surface area contributed by atoms with Gasteiger partial charge in [-0.1, -0.05) is 0 Å². The Morgan fingerprint density at radius 1 is 1.61 bits per heavy atom. The van der Waals surface area contributed by atoms with E-state index in [4.69, 9.17) is 10.8 Å². The van der Waals surface area contributed by atoms with Crippen molar-refractivity contribution in [2.24, 2.45) is 11.7 Å². The van der Waals surface area contributed by atoms with Crippen LogP contribution in [-0.4, -0.2) is 43.4 Å². The molecule has 0 aromatic carbocycles. The molecule has 3 N–H and O–H groups in total. The summed E-state index contributed by atoms with van der Waals surface area (Å²) in [6.45, 7) is 1.33. The molecule has 2 heterocycles. The summed E-state index contributed by atoms with van der Waals surface area (Å²) in [5, 5.41) is 10.2. The number of carboxylic acids is 1. The van der Waals surface area contributed by atoms with E-state index in [1.807, 2.05) is 0 Å². The highest BCUT2D eigenvalue weighted by Crippen LogP contribution is 2.27. The van der Waals surface area contributed by atoms with Crippen LogP contribution >= 0.6 is 11.3 Å². The zero-order valence-corrected chi connectivity index (χ0v) is 11.2. The van der Waals surface area contributed by atoms with Crippen molar-refractivity contribution < 1.29 is 18.3 Å². The standard InChI is InChI=1S/C10H14N2O4S2/c11-4-7-1-2-12(5-7)18(15,16)8-3-9(10(13)14)17-6-8/h3,6-7H,1-2,4-5,11H2,(H,13,14). The van der Waals surface area contributed by atoms with Crippen LogP contribution in [0.25, 0.3) is 0 Å². The van der Waals surface area contributed by atoms with Crippen molar-refractivity contribution in [1.82, 2.24) is 4.31 Å². The predicted molar refractivity (Wildman–Crippen MR) is 67.2 cm³/mol. The second-order valence-corrected chi connectivity index (χ2v) is 7.05. The zero-order valence-electron chi connectivity index (χ0n) is 9.57. The molecule has 0 aliphatic carbocycles. The van der Waals surface area contributed by atoms with E-state index in [0.29, 0.717) is 19.6 Å². The first-order chi connectivity index (χ1) is 8.45. The third-order valence-electron chi connectivity index (χ3n) is 3.01. The van der Waals surface area contributed by atoms with Gasteiger partial charge in [0.15, 0.2) is 0 Å². The molecule has 0 bridgehead atoms. The average molecular weight is 290 g/mol. The van der Waals surface area contributed by atoms with E-state index in [2.05, 4.69) is 0 Å². The molecule has 0 saturated carbocycles. The maximum absolute atomic E-state index is 12.2. The van der Waals surface area contributed by atoms with Crippen LogP contribution in [0.2, 0.25) is 0 Å². The molecule has 1 saturated heterocycles. The maximum atomic E-state index is 12.2. The summed E-state index contributed by atoms with van der Waals surface area (Å²) in [4.78, 5) is 10.8. The normalized spacial score (nSPS) is 21.3. The molecule has 2 rings (SSSR count). The molecule has 1 fully saturated rings. The summed E-state index contributed by atoms with van der Waals surface area (Å²) in [5.41, 5.74) is 5.52. The minimum atomic E-state index is -3.57. The lowest BCUT2D eigenvalue weighted by Gasteiger charge is -2.15. The third kappa shape index (κ3) is 2.41. The molecule has 1 unspecified atom stereocenters. The summed E-state index contributed by atoms with van der Waals surface area (Å²) in [6, 6.07) is 1.21. The number of aromatic carboxylic acids is 1. The topological polar surface area (TPSA) is 101 Å². The van der Waals surface area contributed by atoms with Crippen LogP contribution in [0, 0.1) is 5.92 Å². The highest BCUT2D eigenvalue weighted by Gasteiger charge is 2.32. The minimum absolute atomic E-state index is 0.0307. The van der Waals surface area contributed by atoms with Gasteiger partial charge in [-0.05, 0) is 24.9 Å². The van der Waals surface area contributed by atoms with Crippen LogP contribution in [0.15, 0.2) is 16.3 Å². The fraction of sp³-hybridized carbons (Fsp3) is 0.500. The zero-order chi connectivity index (χ0) is 13.3. The molecule has 0 radical (unpaired) electrons. The molecule has 1 aliphatic heterocycles. The Morgan fingerprint density at radius 3 is 2.83 bits per heavy atom. The lowest BCUT2D eigenvalue weighted by Crippen LogP contribution is -2.29. The number of nitrogens with two attached hydrogens (primary N) is 1. The van der Waals surface area contributed by atoms with Crippen molar-refractivity contribution >= 4 is 27.3 Å². The van der Waals surface area contributed by atoms with Crippen LogP contribution in [0.1, 0.15) is 16.1 Å². The fourth-order valence-corrected chi connectivity index (χ4v) is 4.55. The third-order valence-corrected chi connectivity index (χ3v) is 5.92. The summed E-state index contributed by atoms with van der Waals surface area (Å²) in [5.74, 6) is -0.917. The number of hydrogen-bond acceptors (Lipinski definition) is 5. The molecule has 1 aliphatic rings. The van der Waals surface area contributed by atoms with E-state index < -0.39 is 16.0 Å². The Hall–Kier alpha value is -0.960. The lowest BCUT2D eigenvalue weighted by atomic mass is 10.1. The van der Waals surface area contributed by atoms with Crippen LogP contribution < -0.4 is 5.73 Å². The van der Waals surface area contributed by atoms with Gasteiger partial charge in [-0.2, -0.15) is 4.31 Å². The number of carbonyl (C=O) groups is 1. The molecule has 6 nitrogen and oxygen atoms in total. The highest BCUT2D eigenvalue weighted by molar-refractivity contribution is 7.89. The lowest BCUT2D eigenvalue weighted by molar-refractivity contribution is 0.0702. The minimum Gasteiger partial charge on any atom is -0.477 e. The van der Waals surface area contributed by atoms with Gasteiger partial charge < -0.3 is 10.8 Å². The molecule has 1 aromatic rings. The summed E-state index contributed by atoms with van der Waals surface area (Å²) < 4.78 is 25.8. The summed E-state index contributed by atoms with van der Waals surface area (Å²) in [6.07, 6.45) is 0.756. The largest absolute Gasteiger partial charge is 0.477 e. The van der Waals surface area contributed by atoms with E-state index in [1.54, 1.807) is 0 Å². The first-order valence-corrected chi connectivity index (χ1v) is 7.79.